The standard InChI is InChI=1S/C11H16N2O4/c1-3-17-11(16)10(15)9(14)8-4-6(2)7(12)5-13-8/h4-5,9-10,14-15H,3,12H2,1-2H3. The number of aromatic nitrogens is 1. The number of aliphatic hydroxyl groups excluding tert-OH is 2. The van der Waals surface area contributed by atoms with Crippen LogP contribution in [-0.4, -0.2) is 33.9 Å². The molecule has 0 saturated heterocycles. The zero-order chi connectivity index (χ0) is 13.0. The Hall–Kier alpha value is -1.66. The number of hydrogen-bond donors (Lipinski definition) is 3. The van der Waals surface area contributed by atoms with Gasteiger partial charge in [-0.1, -0.05) is 0 Å². The van der Waals surface area contributed by atoms with Crippen molar-refractivity contribution < 1.29 is 19.7 Å². The number of hydrogen-bond acceptors (Lipinski definition) is 6. The Morgan fingerprint density at radius 3 is 2.76 bits per heavy atom. The third-order valence-corrected chi connectivity index (χ3v) is 2.30. The van der Waals surface area contributed by atoms with E-state index in [1.54, 1.807) is 13.8 Å². The highest BCUT2D eigenvalue weighted by atomic mass is 16.5. The Balaban J connectivity index is 2.84. The van der Waals surface area contributed by atoms with Crippen LogP contribution < -0.4 is 5.73 Å². The molecule has 1 rings (SSSR count). The van der Waals surface area contributed by atoms with Crippen molar-refractivity contribution in [3.63, 3.8) is 0 Å². The van der Waals surface area contributed by atoms with Crippen LogP contribution in [0.15, 0.2) is 12.3 Å². The summed E-state index contributed by atoms with van der Waals surface area (Å²) in [6.07, 6.45) is -1.70. The number of esters is 1. The van der Waals surface area contributed by atoms with Crippen molar-refractivity contribution in [2.75, 3.05) is 12.3 Å². The molecule has 94 valence electrons. The molecule has 17 heavy (non-hydrogen) atoms. The second kappa shape index (κ2) is 5.60. The molecule has 0 radical (unpaired) electrons. The fourth-order valence-electron chi connectivity index (χ4n) is 1.27. The van der Waals surface area contributed by atoms with E-state index in [0.717, 1.165) is 0 Å². The first-order valence-electron chi connectivity index (χ1n) is 5.22. The molecule has 0 aliphatic carbocycles. The number of nitrogen functional groups attached to an aromatic ring is 1. The largest absolute Gasteiger partial charge is 0.464 e. The summed E-state index contributed by atoms with van der Waals surface area (Å²) in [7, 11) is 0. The van der Waals surface area contributed by atoms with Crippen LogP contribution in [0.4, 0.5) is 5.69 Å². The molecule has 0 spiro atoms. The molecule has 4 N–H and O–H groups in total. The van der Waals surface area contributed by atoms with E-state index in [1.807, 2.05) is 0 Å². The summed E-state index contributed by atoms with van der Waals surface area (Å²) < 4.78 is 4.60. The number of rotatable bonds is 4. The molecule has 6 heteroatoms. The fourth-order valence-corrected chi connectivity index (χ4v) is 1.27. The number of aryl methyl sites for hydroxylation is 1. The van der Waals surface area contributed by atoms with E-state index in [2.05, 4.69) is 9.72 Å². The number of nitrogens with zero attached hydrogens (tertiary/aromatic N) is 1. The number of nitrogens with two attached hydrogens (primary N) is 1. The molecule has 6 nitrogen and oxygen atoms in total. The Morgan fingerprint density at radius 1 is 1.59 bits per heavy atom. The second-order valence-electron chi connectivity index (χ2n) is 3.61. The predicted octanol–water partition coefficient (Wildman–Crippen LogP) is -0.0704. The molecule has 0 amide bonds. The molecular weight excluding hydrogens is 224 g/mol. The molecule has 0 aliphatic heterocycles. The van der Waals surface area contributed by atoms with Gasteiger partial charge in [0.1, 0.15) is 6.10 Å². The molecule has 0 fully saturated rings. The van der Waals surface area contributed by atoms with Crippen LogP contribution in [0.25, 0.3) is 0 Å². The van der Waals surface area contributed by atoms with Gasteiger partial charge in [-0.25, -0.2) is 4.79 Å². The molecule has 2 atom stereocenters. The molecule has 0 aromatic carbocycles. The predicted molar refractivity (Wildman–Crippen MR) is 61.0 cm³/mol. The maximum Gasteiger partial charge on any atom is 0.338 e. The van der Waals surface area contributed by atoms with Gasteiger partial charge in [-0.3, -0.25) is 4.98 Å². The lowest BCUT2D eigenvalue weighted by Gasteiger charge is -2.16. The zero-order valence-corrected chi connectivity index (χ0v) is 9.75. The maximum atomic E-state index is 11.2. The lowest BCUT2D eigenvalue weighted by Crippen LogP contribution is -2.30. The third kappa shape index (κ3) is 3.15. The first-order chi connectivity index (χ1) is 7.97. The van der Waals surface area contributed by atoms with Crippen molar-refractivity contribution in [2.45, 2.75) is 26.1 Å². The SMILES string of the molecule is CCOC(=O)C(O)C(O)c1cc(C)c(N)cn1. The normalized spacial score (nSPS) is 14.1. The van der Waals surface area contributed by atoms with Crippen LogP contribution in [0.1, 0.15) is 24.3 Å². The van der Waals surface area contributed by atoms with Gasteiger partial charge in [-0.15, -0.1) is 0 Å². The summed E-state index contributed by atoms with van der Waals surface area (Å²) in [5.74, 6) is -0.878. The van der Waals surface area contributed by atoms with Crippen LogP contribution in [0.2, 0.25) is 0 Å². The molecule has 1 aromatic rings. The van der Waals surface area contributed by atoms with Crippen LogP contribution >= 0.6 is 0 Å². The quantitative estimate of drug-likeness (QED) is 0.636. The van der Waals surface area contributed by atoms with Crippen molar-refractivity contribution in [2.24, 2.45) is 0 Å². The molecule has 0 saturated carbocycles. The second-order valence-corrected chi connectivity index (χ2v) is 3.61. The molecule has 1 heterocycles. The van der Waals surface area contributed by atoms with Crippen LogP contribution in [0.5, 0.6) is 0 Å². The van der Waals surface area contributed by atoms with Crippen LogP contribution in [0.3, 0.4) is 0 Å². The molecule has 2 unspecified atom stereocenters. The molecular formula is C11H16N2O4. The van der Waals surface area contributed by atoms with Gasteiger partial charge in [0.25, 0.3) is 0 Å². The summed E-state index contributed by atoms with van der Waals surface area (Å²) >= 11 is 0. The number of pyridine rings is 1. The lowest BCUT2D eigenvalue weighted by molar-refractivity contribution is -0.159. The summed E-state index contributed by atoms with van der Waals surface area (Å²) in [5.41, 5.74) is 6.94. The van der Waals surface area contributed by atoms with E-state index >= 15 is 0 Å². The van der Waals surface area contributed by atoms with Crippen molar-refractivity contribution >= 4 is 11.7 Å². The number of carbonyl (C=O) groups is 1. The molecule has 1 aromatic heterocycles. The van der Waals surface area contributed by atoms with Gasteiger partial charge in [0.2, 0.25) is 0 Å². The Kier molecular flexibility index (Phi) is 4.42. The monoisotopic (exact) mass is 240 g/mol. The third-order valence-electron chi connectivity index (χ3n) is 2.30. The first kappa shape index (κ1) is 13.4. The fraction of sp³-hybridized carbons (Fsp3) is 0.455. The van der Waals surface area contributed by atoms with Crippen molar-refractivity contribution in [3.05, 3.63) is 23.5 Å². The van der Waals surface area contributed by atoms with E-state index in [9.17, 15) is 15.0 Å². The van der Waals surface area contributed by atoms with Gasteiger partial charge >= 0.3 is 5.97 Å². The molecule has 0 aliphatic rings. The smallest absolute Gasteiger partial charge is 0.338 e. The van der Waals surface area contributed by atoms with E-state index in [0.29, 0.717) is 11.3 Å². The van der Waals surface area contributed by atoms with Gasteiger partial charge in [0.15, 0.2) is 6.10 Å². The van der Waals surface area contributed by atoms with Crippen molar-refractivity contribution in [1.82, 2.24) is 4.98 Å². The first-order valence-corrected chi connectivity index (χ1v) is 5.22. The zero-order valence-electron chi connectivity index (χ0n) is 9.75. The van der Waals surface area contributed by atoms with Crippen LogP contribution in [0, 0.1) is 6.92 Å². The Labute approximate surface area is 99.0 Å². The molecule has 0 bridgehead atoms. The van der Waals surface area contributed by atoms with E-state index < -0.39 is 18.2 Å². The average molecular weight is 240 g/mol. The number of carbonyl (C=O) groups excluding carboxylic acids is 1. The Morgan fingerprint density at radius 2 is 2.24 bits per heavy atom. The highest BCUT2D eigenvalue weighted by Gasteiger charge is 2.28. The van der Waals surface area contributed by atoms with Gasteiger partial charge < -0.3 is 20.7 Å². The highest BCUT2D eigenvalue weighted by Crippen LogP contribution is 2.19. The van der Waals surface area contributed by atoms with Gasteiger partial charge in [-0.05, 0) is 25.5 Å². The topological polar surface area (TPSA) is 106 Å². The van der Waals surface area contributed by atoms with Crippen LogP contribution in [-0.2, 0) is 9.53 Å². The van der Waals surface area contributed by atoms with E-state index in [1.165, 1.54) is 12.3 Å². The number of ether oxygens (including phenoxy) is 1. The van der Waals surface area contributed by atoms with Crippen molar-refractivity contribution in [3.8, 4) is 0 Å². The van der Waals surface area contributed by atoms with E-state index in [-0.39, 0.29) is 12.3 Å². The number of aliphatic hydroxyl groups is 2. The minimum Gasteiger partial charge on any atom is -0.464 e. The lowest BCUT2D eigenvalue weighted by atomic mass is 10.1. The highest BCUT2D eigenvalue weighted by molar-refractivity contribution is 5.75. The van der Waals surface area contributed by atoms with Gasteiger partial charge in [0.05, 0.1) is 24.2 Å². The van der Waals surface area contributed by atoms with E-state index in [4.69, 9.17) is 5.73 Å². The summed E-state index contributed by atoms with van der Waals surface area (Å²) in [5, 5.41) is 19.3. The summed E-state index contributed by atoms with van der Waals surface area (Å²) in [4.78, 5) is 15.1. The van der Waals surface area contributed by atoms with Gasteiger partial charge in [-0.2, -0.15) is 0 Å². The summed E-state index contributed by atoms with van der Waals surface area (Å²) in [6, 6.07) is 1.52. The Bertz CT molecular complexity index is 408. The van der Waals surface area contributed by atoms with Gasteiger partial charge in [0, 0.05) is 0 Å². The maximum absolute atomic E-state index is 11.2. The average Bonchev–Trinajstić information content (AvgIpc) is 2.31. The van der Waals surface area contributed by atoms with Crippen molar-refractivity contribution in [1.29, 1.82) is 0 Å². The number of anilines is 1. The summed E-state index contributed by atoms with van der Waals surface area (Å²) in [6.45, 7) is 3.49. The minimum atomic E-state index is -1.65. The minimum absolute atomic E-state index is 0.136.